The van der Waals surface area contributed by atoms with Crippen LogP contribution in [-0.2, 0) is 9.59 Å². The van der Waals surface area contributed by atoms with Crippen LogP contribution >= 0.6 is 11.3 Å². The van der Waals surface area contributed by atoms with Crippen molar-refractivity contribution in [1.29, 1.82) is 0 Å². The summed E-state index contributed by atoms with van der Waals surface area (Å²) in [6.07, 6.45) is 0. The van der Waals surface area contributed by atoms with E-state index in [0.717, 1.165) is 4.88 Å². The molecule has 0 aliphatic carbocycles. The number of nitro groups is 1. The Morgan fingerprint density at radius 2 is 1.91 bits per heavy atom. The summed E-state index contributed by atoms with van der Waals surface area (Å²) in [7, 11) is 0. The number of anilines is 1. The zero-order valence-corrected chi connectivity index (χ0v) is 13.3. The quantitative estimate of drug-likeness (QED) is 0.479. The van der Waals surface area contributed by atoms with E-state index in [1.165, 1.54) is 11.3 Å². The highest BCUT2D eigenvalue weighted by atomic mass is 32.1. The van der Waals surface area contributed by atoms with Gasteiger partial charge in [-0.2, -0.15) is 0 Å². The molecule has 0 spiro atoms. The van der Waals surface area contributed by atoms with Gasteiger partial charge < -0.3 is 5.32 Å². The number of nitrogens with one attached hydrogen (secondary N) is 1. The van der Waals surface area contributed by atoms with Crippen LogP contribution in [0.1, 0.15) is 17.7 Å². The number of hydrogen-bond donors (Lipinski definition) is 1. The number of thiophene rings is 1. The molecule has 120 valence electrons. The predicted molar refractivity (Wildman–Crippen MR) is 88.2 cm³/mol. The number of hydrogen-bond acceptors (Lipinski definition) is 5. The Kier molecular flexibility index (Phi) is 5.59. The first kappa shape index (κ1) is 16.8. The summed E-state index contributed by atoms with van der Waals surface area (Å²) in [6.45, 7) is 1.17. The zero-order valence-electron chi connectivity index (χ0n) is 12.5. The van der Waals surface area contributed by atoms with Crippen molar-refractivity contribution in [3.8, 4) is 0 Å². The molecule has 0 radical (unpaired) electrons. The molecule has 0 fully saturated rings. The molecule has 6 nitrogen and oxygen atoms in total. The normalized spacial score (nSPS) is 13.1. The van der Waals surface area contributed by atoms with Gasteiger partial charge in [0, 0.05) is 21.4 Å². The van der Waals surface area contributed by atoms with Gasteiger partial charge in [-0.25, -0.2) is 0 Å². The highest BCUT2D eigenvalue weighted by Crippen LogP contribution is 2.29. The third kappa shape index (κ3) is 4.46. The van der Waals surface area contributed by atoms with Crippen LogP contribution in [0.15, 0.2) is 47.8 Å². The summed E-state index contributed by atoms with van der Waals surface area (Å²) < 4.78 is 0. The van der Waals surface area contributed by atoms with Gasteiger partial charge in [0.05, 0.1) is 5.92 Å². The van der Waals surface area contributed by atoms with E-state index in [1.54, 1.807) is 54.8 Å². The molecule has 7 heteroatoms. The number of ketones is 1. The van der Waals surface area contributed by atoms with Crippen LogP contribution in [0.3, 0.4) is 0 Å². The number of Topliss-reactive ketones (excluding diaryl/α,β-unsaturated/α-hetero) is 1. The molecular weight excluding hydrogens is 316 g/mol. The van der Waals surface area contributed by atoms with Gasteiger partial charge in [-0.05, 0) is 23.6 Å². The van der Waals surface area contributed by atoms with Crippen molar-refractivity contribution in [2.24, 2.45) is 5.92 Å². The van der Waals surface area contributed by atoms with Crippen molar-refractivity contribution in [2.75, 3.05) is 11.9 Å². The summed E-state index contributed by atoms with van der Waals surface area (Å²) in [4.78, 5) is 35.6. The first-order valence-corrected chi connectivity index (χ1v) is 7.92. The van der Waals surface area contributed by atoms with Gasteiger partial charge in [0.1, 0.15) is 0 Å². The third-order valence-electron chi connectivity index (χ3n) is 3.53. The zero-order chi connectivity index (χ0) is 16.8. The molecule has 1 amide bonds. The lowest BCUT2D eigenvalue weighted by molar-refractivity contribution is -0.484. The van der Waals surface area contributed by atoms with Crippen molar-refractivity contribution >= 4 is 28.7 Å². The third-order valence-corrected chi connectivity index (χ3v) is 4.53. The Morgan fingerprint density at radius 3 is 2.48 bits per heavy atom. The van der Waals surface area contributed by atoms with E-state index in [1.807, 2.05) is 0 Å². The Balaban J connectivity index is 2.12. The van der Waals surface area contributed by atoms with E-state index in [2.05, 4.69) is 5.32 Å². The van der Waals surface area contributed by atoms with Crippen LogP contribution in [0.2, 0.25) is 0 Å². The molecule has 0 unspecified atom stereocenters. The van der Waals surface area contributed by atoms with E-state index in [9.17, 15) is 19.7 Å². The maximum atomic E-state index is 12.3. The fourth-order valence-electron chi connectivity index (χ4n) is 2.26. The molecule has 2 rings (SSSR count). The van der Waals surface area contributed by atoms with Gasteiger partial charge in [-0.15, -0.1) is 11.3 Å². The summed E-state index contributed by atoms with van der Waals surface area (Å²) in [5, 5.41) is 15.2. The monoisotopic (exact) mass is 332 g/mol. The molecule has 0 aliphatic rings. The first-order chi connectivity index (χ1) is 11.0. The maximum absolute atomic E-state index is 12.3. The Hall–Kier alpha value is -2.54. The van der Waals surface area contributed by atoms with Crippen LogP contribution in [0.25, 0.3) is 0 Å². The molecule has 0 saturated carbocycles. The van der Waals surface area contributed by atoms with Crippen molar-refractivity contribution < 1.29 is 14.5 Å². The van der Waals surface area contributed by atoms with E-state index < -0.39 is 28.4 Å². The lowest BCUT2D eigenvalue weighted by Gasteiger charge is -2.18. The average Bonchev–Trinajstić information content (AvgIpc) is 3.06. The van der Waals surface area contributed by atoms with Crippen LogP contribution in [-0.4, -0.2) is 23.2 Å². The van der Waals surface area contributed by atoms with Crippen molar-refractivity contribution in [3.63, 3.8) is 0 Å². The number of rotatable bonds is 7. The second kappa shape index (κ2) is 7.64. The second-order valence-corrected chi connectivity index (χ2v) is 6.09. The summed E-state index contributed by atoms with van der Waals surface area (Å²) >= 11 is 1.35. The molecule has 0 saturated heterocycles. The van der Waals surface area contributed by atoms with Crippen LogP contribution in [0, 0.1) is 16.0 Å². The number of carbonyl (C=O) groups excluding carboxylic acids is 2. The minimum Gasteiger partial charge on any atom is -0.319 e. The lowest BCUT2D eigenvalue weighted by atomic mass is 9.88. The van der Waals surface area contributed by atoms with Crippen LogP contribution < -0.4 is 5.32 Å². The fraction of sp³-hybridized carbons (Fsp3) is 0.250. The van der Waals surface area contributed by atoms with Gasteiger partial charge in [-0.3, -0.25) is 19.7 Å². The summed E-state index contributed by atoms with van der Waals surface area (Å²) in [5.74, 6) is -2.80. The SMILES string of the molecule is C[C@@H](C(=O)C(=O)Nc1ccccc1)[C@H](C[N+](=O)[O-])c1cccs1. The van der Waals surface area contributed by atoms with Gasteiger partial charge in [0.25, 0.3) is 5.91 Å². The maximum Gasteiger partial charge on any atom is 0.292 e. The highest BCUT2D eigenvalue weighted by Gasteiger charge is 2.33. The van der Waals surface area contributed by atoms with Gasteiger partial charge in [0.15, 0.2) is 0 Å². The fourth-order valence-corrected chi connectivity index (χ4v) is 3.19. The van der Waals surface area contributed by atoms with Gasteiger partial charge in [-0.1, -0.05) is 31.2 Å². The summed E-state index contributed by atoms with van der Waals surface area (Å²) in [5.41, 5.74) is 0.514. The van der Waals surface area contributed by atoms with Crippen molar-refractivity contribution in [1.82, 2.24) is 0 Å². The average molecular weight is 332 g/mol. The molecule has 1 heterocycles. The molecule has 23 heavy (non-hydrogen) atoms. The van der Waals surface area contributed by atoms with E-state index in [4.69, 9.17) is 0 Å². The topological polar surface area (TPSA) is 89.3 Å². The highest BCUT2D eigenvalue weighted by molar-refractivity contribution is 7.10. The standard InChI is InChI=1S/C16H16N2O4S/c1-11(13(10-18(21)22)14-8-5-9-23-14)15(19)16(20)17-12-6-3-2-4-7-12/h2-9,11,13H,10H2,1H3,(H,17,20)/t11-,13+/m1/s1. The van der Waals surface area contributed by atoms with Crippen molar-refractivity contribution in [2.45, 2.75) is 12.8 Å². The Bertz CT molecular complexity index is 685. The molecule has 1 aromatic heterocycles. The smallest absolute Gasteiger partial charge is 0.292 e. The molecule has 0 bridgehead atoms. The number of para-hydroxylation sites is 1. The van der Waals surface area contributed by atoms with Crippen molar-refractivity contribution in [3.05, 3.63) is 62.8 Å². The molecule has 0 aliphatic heterocycles. The predicted octanol–water partition coefficient (Wildman–Crippen LogP) is 2.95. The molecule has 1 aromatic carbocycles. The second-order valence-electron chi connectivity index (χ2n) is 5.11. The molecular formula is C16H16N2O4S. The lowest BCUT2D eigenvalue weighted by Crippen LogP contribution is -2.33. The minimum atomic E-state index is -0.775. The van der Waals surface area contributed by atoms with Crippen LogP contribution in [0.4, 0.5) is 5.69 Å². The Morgan fingerprint density at radius 1 is 1.22 bits per heavy atom. The number of amides is 1. The Labute approximate surface area is 137 Å². The van der Waals surface area contributed by atoms with Gasteiger partial charge >= 0.3 is 0 Å². The van der Waals surface area contributed by atoms with E-state index >= 15 is 0 Å². The molecule has 2 aromatic rings. The molecule has 2 atom stereocenters. The minimum absolute atomic E-state index is 0.383. The number of carbonyl (C=O) groups is 2. The number of nitrogens with zero attached hydrogens (tertiary/aromatic N) is 1. The van der Waals surface area contributed by atoms with E-state index in [0.29, 0.717) is 5.69 Å². The summed E-state index contributed by atoms with van der Waals surface area (Å²) in [6, 6.07) is 12.1. The van der Waals surface area contributed by atoms with E-state index in [-0.39, 0.29) is 6.54 Å². The number of benzene rings is 1. The first-order valence-electron chi connectivity index (χ1n) is 7.04. The molecule has 1 N–H and O–H groups in total. The van der Waals surface area contributed by atoms with Gasteiger partial charge in [0.2, 0.25) is 12.3 Å². The van der Waals surface area contributed by atoms with Crippen LogP contribution in [0.5, 0.6) is 0 Å². The largest absolute Gasteiger partial charge is 0.319 e.